The smallest absolute Gasteiger partial charge is 0.315 e. The summed E-state index contributed by atoms with van der Waals surface area (Å²) in [6.07, 6.45) is 0.316. The topological polar surface area (TPSA) is 70.7 Å². The van der Waals surface area contributed by atoms with Crippen molar-refractivity contribution in [3.05, 3.63) is 35.9 Å². The molecular weight excluding hydrogens is 306 g/mol. The van der Waals surface area contributed by atoms with Gasteiger partial charge in [-0.1, -0.05) is 37.3 Å². The molecule has 0 aromatic heterocycles. The molecule has 2 rings (SSSR count). The van der Waals surface area contributed by atoms with E-state index in [0.717, 1.165) is 0 Å². The van der Waals surface area contributed by atoms with E-state index in [1.165, 1.54) is 5.56 Å². The molecule has 2 unspecified atom stereocenters. The minimum absolute atomic E-state index is 0.00217. The van der Waals surface area contributed by atoms with Gasteiger partial charge in [-0.15, -0.1) is 0 Å². The van der Waals surface area contributed by atoms with Gasteiger partial charge in [-0.2, -0.15) is 0 Å². The van der Waals surface area contributed by atoms with Gasteiger partial charge < -0.3 is 20.3 Å². The van der Waals surface area contributed by atoms with Gasteiger partial charge in [0.2, 0.25) is 5.91 Å². The fourth-order valence-corrected chi connectivity index (χ4v) is 2.68. The molecule has 132 valence electrons. The van der Waals surface area contributed by atoms with Gasteiger partial charge in [0.15, 0.2) is 0 Å². The molecule has 2 N–H and O–H groups in total. The minimum atomic E-state index is -0.236. The largest absolute Gasteiger partial charge is 0.378 e. The summed E-state index contributed by atoms with van der Waals surface area (Å²) in [5.41, 5.74) is 1.19. The number of urea groups is 1. The molecule has 6 heteroatoms. The summed E-state index contributed by atoms with van der Waals surface area (Å²) in [4.78, 5) is 25.8. The Morgan fingerprint density at radius 1 is 1.17 bits per heavy atom. The predicted molar refractivity (Wildman–Crippen MR) is 92.9 cm³/mol. The summed E-state index contributed by atoms with van der Waals surface area (Å²) in [5.74, 6) is 0.274. The second kappa shape index (κ2) is 9.27. The van der Waals surface area contributed by atoms with E-state index in [1.54, 1.807) is 4.90 Å². The van der Waals surface area contributed by atoms with E-state index in [4.69, 9.17) is 4.74 Å². The number of rotatable bonds is 6. The van der Waals surface area contributed by atoms with Crippen LogP contribution in [-0.4, -0.2) is 55.7 Å². The van der Waals surface area contributed by atoms with Gasteiger partial charge in [-0.3, -0.25) is 4.79 Å². The number of hydrogen-bond acceptors (Lipinski definition) is 3. The lowest BCUT2D eigenvalue weighted by molar-refractivity contribution is -0.135. The molecule has 0 aliphatic carbocycles. The lowest BCUT2D eigenvalue weighted by Crippen LogP contribution is -2.45. The summed E-state index contributed by atoms with van der Waals surface area (Å²) in [6.45, 7) is 6.86. The first-order valence-electron chi connectivity index (χ1n) is 8.52. The minimum Gasteiger partial charge on any atom is -0.378 e. The summed E-state index contributed by atoms with van der Waals surface area (Å²) in [7, 11) is 0. The van der Waals surface area contributed by atoms with Crippen LogP contribution >= 0.6 is 0 Å². The predicted octanol–water partition coefficient (Wildman–Crippen LogP) is 1.73. The Kier molecular flexibility index (Phi) is 7.06. The van der Waals surface area contributed by atoms with Crippen LogP contribution in [0, 0.1) is 0 Å². The van der Waals surface area contributed by atoms with Crippen molar-refractivity contribution in [3.63, 3.8) is 0 Å². The van der Waals surface area contributed by atoms with E-state index in [-0.39, 0.29) is 23.9 Å². The van der Waals surface area contributed by atoms with Crippen LogP contribution in [0.2, 0.25) is 0 Å². The second-order valence-corrected chi connectivity index (χ2v) is 6.13. The van der Waals surface area contributed by atoms with Crippen molar-refractivity contribution in [1.82, 2.24) is 15.5 Å². The number of nitrogens with zero attached hydrogens (tertiary/aromatic N) is 1. The fraction of sp³-hybridized carbons (Fsp3) is 0.556. The number of hydrogen-bond donors (Lipinski definition) is 2. The van der Waals surface area contributed by atoms with Crippen molar-refractivity contribution in [3.8, 4) is 0 Å². The maximum atomic E-state index is 12.0. The lowest BCUT2D eigenvalue weighted by atomic mass is 9.95. The zero-order valence-electron chi connectivity index (χ0n) is 14.5. The quantitative estimate of drug-likeness (QED) is 0.833. The van der Waals surface area contributed by atoms with Crippen molar-refractivity contribution in [2.24, 2.45) is 0 Å². The molecule has 24 heavy (non-hydrogen) atoms. The molecule has 1 heterocycles. The second-order valence-electron chi connectivity index (χ2n) is 6.13. The highest BCUT2D eigenvalue weighted by molar-refractivity contribution is 5.78. The molecule has 1 fully saturated rings. The van der Waals surface area contributed by atoms with E-state index >= 15 is 0 Å². The SMILES string of the molecule is CC(NC(=O)NCCC(=O)N1CCOCC1)C(C)c1ccccc1. The van der Waals surface area contributed by atoms with E-state index < -0.39 is 0 Å². The molecular formula is C18H27N3O3. The van der Waals surface area contributed by atoms with Crippen molar-refractivity contribution in [2.75, 3.05) is 32.8 Å². The molecule has 0 bridgehead atoms. The van der Waals surface area contributed by atoms with Crippen molar-refractivity contribution < 1.29 is 14.3 Å². The number of ether oxygens (including phenoxy) is 1. The molecule has 1 aliphatic heterocycles. The van der Waals surface area contributed by atoms with Crippen LogP contribution in [0.4, 0.5) is 4.79 Å². The molecule has 1 aromatic carbocycles. The lowest BCUT2D eigenvalue weighted by Gasteiger charge is -2.27. The van der Waals surface area contributed by atoms with Crippen LogP contribution in [-0.2, 0) is 9.53 Å². The monoisotopic (exact) mass is 333 g/mol. The average Bonchev–Trinajstić information content (AvgIpc) is 2.62. The Bertz CT molecular complexity index is 530. The van der Waals surface area contributed by atoms with Gasteiger partial charge in [-0.05, 0) is 12.5 Å². The Morgan fingerprint density at radius 2 is 1.83 bits per heavy atom. The molecule has 3 amide bonds. The number of carbonyl (C=O) groups is 2. The molecule has 1 saturated heterocycles. The Morgan fingerprint density at radius 3 is 2.50 bits per heavy atom. The van der Waals surface area contributed by atoms with Gasteiger partial charge in [0, 0.05) is 38.0 Å². The molecule has 1 aromatic rings. The van der Waals surface area contributed by atoms with E-state index in [2.05, 4.69) is 29.7 Å². The third kappa shape index (κ3) is 5.53. The zero-order chi connectivity index (χ0) is 17.4. The highest BCUT2D eigenvalue weighted by Crippen LogP contribution is 2.18. The fourth-order valence-electron chi connectivity index (χ4n) is 2.68. The van der Waals surface area contributed by atoms with Gasteiger partial charge in [0.05, 0.1) is 13.2 Å². The maximum Gasteiger partial charge on any atom is 0.315 e. The molecule has 6 nitrogen and oxygen atoms in total. The maximum absolute atomic E-state index is 12.0. The Hall–Kier alpha value is -2.08. The standard InChI is InChI=1S/C18H27N3O3/c1-14(16-6-4-3-5-7-16)15(2)20-18(23)19-9-8-17(22)21-10-12-24-13-11-21/h3-7,14-15H,8-13H2,1-2H3,(H2,19,20,23). The van der Waals surface area contributed by atoms with Crippen molar-refractivity contribution in [2.45, 2.75) is 32.2 Å². The molecule has 1 aliphatic rings. The van der Waals surface area contributed by atoms with Gasteiger partial charge >= 0.3 is 6.03 Å². The van der Waals surface area contributed by atoms with Crippen LogP contribution in [0.3, 0.4) is 0 Å². The summed E-state index contributed by atoms with van der Waals surface area (Å²) < 4.78 is 5.22. The molecule has 0 radical (unpaired) electrons. The van der Waals surface area contributed by atoms with Crippen LogP contribution in [0.15, 0.2) is 30.3 Å². The summed E-state index contributed by atoms with van der Waals surface area (Å²) in [6, 6.07) is 9.85. The van der Waals surface area contributed by atoms with Crippen LogP contribution < -0.4 is 10.6 Å². The summed E-state index contributed by atoms with van der Waals surface area (Å²) >= 11 is 0. The van der Waals surface area contributed by atoms with Gasteiger partial charge in [0.1, 0.15) is 0 Å². The highest BCUT2D eigenvalue weighted by Gasteiger charge is 2.18. The van der Waals surface area contributed by atoms with Crippen molar-refractivity contribution >= 4 is 11.9 Å². The van der Waals surface area contributed by atoms with Crippen LogP contribution in [0.25, 0.3) is 0 Å². The first-order chi connectivity index (χ1) is 11.6. The summed E-state index contributed by atoms with van der Waals surface area (Å²) in [5, 5.41) is 5.70. The van der Waals surface area contributed by atoms with E-state index in [1.807, 2.05) is 25.1 Å². The Labute approximate surface area is 143 Å². The molecule has 0 spiro atoms. The number of nitrogens with one attached hydrogen (secondary N) is 2. The first-order valence-corrected chi connectivity index (χ1v) is 8.52. The van der Waals surface area contributed by atoms with Gasteiger partial charge in [0.25, 0.3) is 0 Å². The number of benzene rings is 1. The zero-order valence-corrected chi connectivity index (χ0v) is 14.5. The number of morpholine rings is 1. The number of carbonyl (C=O) groups excluding carboxylic acids is 2. The molecule has 0 saturated carbocycles. The average molecular weight is 333 g/mol. The first kappa shape index (κ1) is 18.3. The van der Waals surface area contributed by atoms with Crippen LogP contribution in [0.1, 0.15) is 31.7 Å². The van der Waals surface area contributed by atoms with Gasteiger partial charge in [-0.25, -0.2) is 4.79 Å². The normalized spacial score (nSPS) is 17.0. The highest BCUT2D eigenvalue weighted by atomic mass is 16.5. The molecule has 2 atom stereocenters. The Balaban J connectivity index is 1.68. The van der Waals surface area contributed by atoms with E-state index in [0.29, 0.717) is 39.3 Å². The van der Waals surface area contributed by atoms with Crippen molar-refractivity contribution in [1.29, 1.82) is 0 Å². The van der Waals surface area contributed by atoms with E-state index in [9.17, 15) is 9.59 Å². The number of amides is 3. The third-order valence-electron chi connectivity index (χ3n) is 4.42. The van der Waals surface area contributed by atoms with Crippen LogP contribution in [0.5, 0.6) is 0 Å². The third-order valence-corrected chi connectivity index (χ3v) is 4.42.